The third-order valence-corrected chi connectivity index (χ3v) is 3.99. The quantitative estimate of drug-likeness (QED) is 0.861. The van der Waals surface area contributed by atoms with Crippen LogP contribution in [-0.2, 0) is 11.3 Å². The summed E-state index contributed by atoms with van der Waals surface area (Å²) in [5.41, 5.74) is 2.78. The molecular formula is C16H25NO. The Labute approximate surface area is 111 Å². The van der Waals surface area contributed by atoms with Crippen molar-refractivity contribution in [3.63, 3.8) is 0 Å². The van der Waals surface area contributed by atoms with Crippen molar-refractivity contribution in [3.8, 4) is 0 Å². The molecule has 0 saturated carbocycles. The van der Waals surface area contributed by atoms with E-state index in [1.54, 1.807) is 7.11 Å². The maximum absolute atomic E-state index is 5.16. The van der Waals surface area contributed by atoms with Crippen molar-refractivity contribution in [1.29, 1.82) is 0 Å². The lowest BCUT2D eigenvalue weighted by Gasteiger charge is -2.32. The first-order valence-electron chi connectivity index (χ1n) is 7.13. The SMILES string of the molecule is CCCC1CNCCC1c1ccc(COC)cc1. The molecule has 100 valence electrons. The van der Waals surface area contributed by atoms with Crippen LogP contribution in [0.5, 0.6) is 0 Å². The first kappa shape index (κ1) is 13.6. The zero-order chi connectivity index (χ0) is 12.8. The molecule has 1 aliphatic rings. The van der Waals surface area contributed by atoms with E-state index >= 15 is 0 Å². The standard InChI is InChI=1S/C16H25NO/c1-3-4-15-11-17-10-9-16(15)14-7-5-13(6-8-14)12-18-2/h5-8,15-17H,3-4,9-12H2,1-2H3. The Balaban J connectivity index is 2.07. The number of piperidine rings is 1. The number of nitrogens with one attached hydrogen (secondary N) is 1. The van der Waals surface area contributed by atoms with E-state index in [9.17, 15) is 0 Å². The molecule has 0 aromatic heterocycles. The molecule has 0 amide bonds. The van der Waals surface area contributed by atoms with Crippen molar-refractivity contribution in [2.24, 2.45) is 5.92 Å². The minimum absolute atomic E-state index is 0.713. The summed E-state index contributed by atoms with van der Waals surface area (Å²) < 4.78 is 5.16. The molecule has 1 heterocycles. The van der Waals surface area contributed by atoms with Crippen LogP contribution in [0.1, 0.15) is 43.2 Å². The van der Waals surface area contributed by atoms with Gasteiger partial charge < -0.3 is 10.1 Å². The molecule has 1 N–H and O–H groups in total. The van der Waals surface area contributed by atoms with Crippen LogP contribution in [0.3, 0.4) is 0 Å². The summed E-state index contributed by atoms with van der Waals surface area (Å²) in [6.07, 6.45) is 3.89. The first-order valence-corrected chi connectivity index (χ1v) is 7.13. The van der Waals surface area contributed by atoms with Gasteiger partial charge in [-0.05, 0) is 48.9 Å². The highest BCUT2D eigenvalue weighted by molar-refractivity contribution is 5.26. The third kappa shape index (κ3) is 3.33. The van der Waals surface area contributed by atoms with E-state index < -0.39 is 0 Å². The fraction of sp³-hybridized carbons (Fsp3) is 0.625. The molecule has 0 radical (unpaired) electrons. The number of methoxy groups -OCH3 is 1. The Morgan fingerprint density at radius 3 is 2.72 bits per heavy atom. The first-order chi connectivity index (χ1) is 8.85. The maximum Gasteiger partial charge on any atom is 0.0713 e. The smallest absolute Gasteiger partial charge is 0.0713 e. The third-order valence-electron chi connectivity index (χ3n) is 3.99. The normalized spacial score (nSPS) is 24.1. The molecule has 2 nitrogen and oxygen atoms in total. The van der Waals surface area contributed by atoms with Crippen LogP contribution in [0.25, 0.3) is 0 Å². The van der Waals surface area contributed by atoms with Crippen LogP contribution in [0.15, 0.2) is 24.3 Å². The Morgan fingerprint density at radius 1 is 1.28 bits per heavy atom. The number of ether oxygens (including phenoxy) is 1. The van der Waals surface area contributed by atoms with Crippen molar-refractivity contribution in [1.82, 2.24) is 5.32 Å². The predicted octanol–water partition coefficient (Wildman–Crippen LogP) is 3.33. The monoisotopic (exact) mass is 247 g/mol. The van der Waals surface area contributed by atoms with Crippen molar-refractivity contribution in [2.45, 2.75) is 38.7 Å². The van der Waals surface area contributed by atoms with E-state index in [1.807, 2.05) is 0 Å². The predicted molar refractivity (Wildman–Crippen MR) is 75.8 cm³/mol. The average molecular weight is 247 g/mol. The van der Waals surface area contributed by atoms with Gasteiger partial charge in [-0.3, -0.25) is 0 Å². The van der Waals surface area contributed by atoms with Crippen molar-refractivity contribution in [2.75, 3.05) is 20.2 Å². The van der Waals surface area contributed by atoms with Crippen LogP contribution in [0, 0.1) is 5.92 Å². The van der Waals surface area contributed by atoms with E-state index in [0.717, 1.165) is 18.4 Å². The van der Waals surface area contributed by atoms with Crippen molar-refractivity contribution in [3.05, 3.63) is 35.4 Å². The highest BCUT2D eigenvalue weighted by Crippen LogP contribution is 2.33. The van der Waals surface area contributed by atoms with Gasteiger partial charge >= 0.3 is 0 Å². The van der Waals surface area contributed by atoms with E-state index in [1.165, 1.54) is 36.9 Å². The largest absolute Gasteiger partial charge is 0.380 e. The van der Waals surface area contributed by atoms with Gasteiger partial charge in [-0.1, -0.05) is 37.6 Å². The molecule has 2 unspecified atom stereocenters. The summed E-state index contributed by atoms with van der Waals surface area (Å²) in [4.78, 5) is 0. The van der Waals surface area contributed by atoms with Crippen molar-refractivity contribution < 1.29 is 4.74 Å². The van der Waals surface area contributed by atoms with Gasteiger partial charge in [0.2, 0.25) is 0 Å². The molecule has 1 aliphatic heterocycles. The molecular weight excluding hydrogens is 222 g/mol. The summed E-state index contributed by atoms with van der Waals surface area (Å²) in [6.45, 7) is 5.33. The average Bonchev–Trinajstić information content (AvgIpc) is 2.41. The van der Waals surface area contributed by atoms with E-state index in [-0.39, 0.29) is 0 Å². The maximum atomic E-state index is 5.16. The van der Waals surface area contributed by atoms with Crippen molar-refractivity contribution >= 4 is 0 Å². The molecule has 1 aromatic carbocycles. The minimum Gasteiger partial charge on any atom is -0.380 e. The molecule has 1 saturated heterocycles. The summed E-state index contributed by atoms with van der Waals surface area (Å²) in [5.74, 6) is 1.54. The lowest BCUT2D eigenvalue weighted by molar-refractivity contribution is 0.185. The summed E-state index contributed by atoms with van der Waals surface area (Å²) >= 11 is 0. The summed E-state index contributed by atoms with van der Waals surface area (Å²) in [7, 11) is 1.75. The molecule has 2 heteroatoms. The van der Waals surface area contributed by atoms with Crippen LogP contribution in [-0.4, -0.2) is 20.2 Å². The van der Waals surface area contributed by atoms with E-state index in [0.29, 0.717) is 6.61 Å². The molecule has 0 bridgehead atoms. The lowest BCUT2D eigenvalue weighted by Crippen LogP contribution is -2.35. The number of rotatable bonds is 5. The molecule has 0 spiro atoms. The highest BCUT2D eigenvalue weighted by Gasteiger charge is 2.25. The van der Waals surface area contributed by atoms with Gasteiger partial charge in [0, 0.05) is 7.11 Å². The van der Waals surface area contributed by atoms with Crippen LogP contribution >= 0.6 is 0 Å². The topological polar surface area (TPSA) is 21.3 Å². The molecule has 0 aliphatic carbocycles. The van der Waals surface area contributed by atoms with E-state index in [4.69, 9.17) is 4.74 Å². The fourth-order valence-electron chi connectivity index (χ4n) is 3.06. The van der Waals surface area contributed by atoms with Gasteiger partial charge in [0.15, 0.2) is 0 Å². The van der Waals surface area contributed by atoms with Gasteiger partial charge in [0.05, 0.1) is 6.61 Å². The molecule has 1 aromatic rings. The van der Waals surface area contributed by atoms with Gasteiger partial charge in [0.1, 0.15) is 0 Å². The second-order valence-corrected chi connectivity index (χ2v) is 5.32. The summed E-state index contributed by atoms with van der Waals surface area (Å²) in [5, 5.41) is 3.53. The van der Waals surface area contributed by atoms with Gasteiger partial charge in [0.25, 0.3) is 0 Å². The van der Waals surface area contributed by atoms with E-state index in [2.05, 4.69) is 36.5 Å². The van der Waals surface area contributed by atoms with Crippen LogP contribution in [0.4, 0.5) is 0 Å². The Morgan fingerprint density at radius 2 is 2.06 bits per heavy atom. The Hall–Kier alpha value is -0.860. The molecule has 2 atom stereocenters. The van der Waals surface area contributed by atoms with Crippen LogP contribution in [0.2, 0.25) is 0 Å². The number of benzene rings is 1. The lowest BCUT2D eigenvalue weighted by atomic mass is 9.79. The number of hydrogen-bond donors (Lipinski definition) is 1. The molecule has 1 fully saturated rings. The molecule has 18 heavy (non-hydrogen) atoms. The second kappa shape index (κ2) is 6.91. The minimum atomic E-state index is 0.713. The highest BCUT2D eigenvalue weighted by atomic mass is 16.5. The summed E-state index contributed by atoms with van der Waals surface area (Å²) in [6, 6.07) is 9.02. The molecule has 2 rings (SSSR count). The zero-order valence-electron chi connectivity index (χ0n) is 11.6. The Bertz CT molecular complexity index is 345. The zero-order valence-corrected chi connectivity index (χ0v) is 11.6. The Kier molecular flexibility index (Phi) is 5.21. The number of hydrogen-bond acceptors (Lipinski definition) is 2. The van der Waals surface area contributed by atoms with Gasteiger partial charge in [-0.25, -0.2) is 0 Å². The fourth-order valence-corrected chi connectivity index (χ4v) is 3.06. The van der Waals surface area contributed by atoms with Crippen LogP contribution < -0.4 is 5.32 Å². The van der Waals surface area contributed by atoms with Gasteiger partial charge in [-0.15, -0.1) is 0 Å². The second-order valence-electron chi connectivity index (χ2n) is 5.32. The van der Waals surface area contributed by atoms with Gasteiger partial charge in [-0.2, -0.15) is 0 Å².